The zero-order chi connectivity index (χ0) is 27.1. The van der Waals surface area contributed by atoms with Gasteiger partial charge in [0.1, 0.15) is 17.2 Å². The Morgan fingerprint density at radius 1 is 1.16 bits per heavy atom. The van der Waals surface area contributed by atoms with Gasteiger partial charge in [-0.05, 0) is 36.8 Å². The van der Waals surface area contributed by atoms with Gasteiger partial charge in [-0.15, -0.1) is 0 Å². The second-order valence-electron chi connectivity index (χ2n) is 8.11. The summed E-state index contributed by atoms with van der Waals surface area (Å²) < 4.78 is 67.3. The monoisotopic (exact) mass is 548 g/mol. The quantitative estimate of drug-likeness (QED) is 0.310. The number of sulfonamides is 1. The summed E-state index contributed by atoms with van der Waals surface area (Å²) in [5, 5.41) is 12.9. The lowest BCUT2D eigenvalue weighted by Gasteiger charge is -2.13. The van der Waals surface area contributed by atoms with Crippen LogP contribution in [0, 0.1) is 12.7 Å². The molecular formula is C22H21FN6O6S2. The second-order valence-corrected chi connectivity index (χ2v) is 11.7. The standard InChI is InChI=1S/C22H21FN6O6S2/c1-12-26-17(11-29(12)2)37(34,35)28-21-15-5-4-8-24-18(15)20(30)19(27-21)22(31)25-10-13-6-7-14(23)9-16(13)36(3,32)33/h4-9,11,30H,10H2,1-3H3,(H,25,31)(H,27,28). The Labute approximate surface area is 211 Å². The van der Waals surface area contributed by atoms with E-state index in [0.29, 0.717) is 5.82 Å². The van der Waals surface area contributed by atoms with Crippen molar-refractivity contribution in [2.24, 2.45) is 7.05 Å². The Morgan fingerprint density at radius 2 is 1.89 bits per heavy atom. The Balaban J connectivity index is 1.72. The van der Waals surface area contributed by atoms with Crippen molar-refractivity contribution in [3.05, 3.63) is 65.6 Å². The zero-order valence-corrected chi connectivity index (χ0v) is 21.4. The first-order chi connectivity index (χ1) is 17.3. The van der Waals surface area contributed by atoms with Gasteiger partial charge in [-0.25, -0.2) is 22.8 Å². The Bertz CT molecular complexity index is 1750. The van der Waals surface area contributed by atoms with Crippen molar-refractivity contribution in [1.82, 2.24) is 24.8 Å². The lowest BCUT2D eigenvalue weighted by atomic mass is 10.2. The SMILES string of the molecule is Cc1nc(S(=O)(=O)Nc2nc(C(=O)NCc3ccc(F)cc3S(C)(=O)=O)c(O)c3ncccc23)cn1C. The maximum absolute atomic E-state index is 13.6. The highest BCUT2D eigenvalue weighted by atomic mass is 32.2. The van der Waals surface area contributed by atoms with Crippen molar-refractivity contribution in [1.29, 1.82) is 0 Å². The van der Waals surface area contributed by atoms with Gasteiger partial charge in [0.05, 0.1) is 4.90 Å². The first kappa shape index (κ1) is 26.0. The molecule has 0 radical (unpaired) electrons. The van der Waals surface area contributed by atoms with E-state index in [2.05, 4.69) is 25.0 Å². The molecule has 4 rings (SSSR count). The van der Waals surface area contributed by atoms with Crippen LogP contribution in [0.3, 0.4) is 0 Å². The average Bonchev–Trinajstić information content (AvgIpc) is 3.18. The van der Waals surface area contributed by atoms with Crippen LogP contribution in [-0.4, -0.2) is 53.6 Å². The highest BCUT2D eigenvalue weighted by Crippen LogP contribution is 2.31. The fourth-order valence-corrected chi connectivity index (χ4v) is 5.48. The Kier molecular flexibility index (Phi) is 6.60. The van der Waals surface area contributed by atoms with Crippen molar-refractivity contribution in [3.63, 3.8) is 0 Å². The molecule has 3 N–H and O–H groups in total. The molecule has 0 bridgehead atoms. The molecule has 0 aliphatic rings. The molecule has 194 valence electrons. The number of carbonyl (C=O) groups excluding carboxylic acids is 1. The van der Waals surface area contributed by atoms with Crippen LogP contribution in [0.25, 0.3) is 10.9 Å². The van der Waals surface area contributed by atoms with Gasteiger partial charge in [-0.3, -0.25) is 14.5 Å². The molecule has 12 nitrogen and oxygen atoms in total. The number of pyridine rings is 2. The first-order valence-corrected chi connectivity index (χ1v) is 13.9. The van der Waals surface area contributed by atoms with Crippen LogP contribution in [0.15, 0.2) is 52.6 Å². The maximum Gasteiger partial charge on any atom is 0.282 e. The molecule has 3 aromatic heterocycles. The van der Waals surface area contributed by atoms with Crippen LogP contribution in [0.4, 0.5) is 10.2 Å². The van der Waals surface area contributed by atoms with Gasteiger partial charge in [0, 0.05) is 37.6 Å². The van der Waals surface area contributed by atoms with E-state index < -0.39 is 43.0 Å². The van der Waals surface area contributed by atoms with Crippen molar-refractivity contribution in [3.8, 4) is 5.75 Å². The van der Waals surface area contributed by atoms with E-state index in [1.807, 2.05) is 0 Å². The topological polar surface area (TPSA) is 173 Å². The lowest BCUT2D eigenvalue weighted by molar-refractivity contribution is 0.0943. The Hall–Kier alpha value is -4.11. The number of aromatic hydroxyl groups is 1. The van der Waals surface area contributed by atoms with E-state index in [-0.39, 0.29) is 38.8 Å². The fourth-order valence-electron chi connectivity index (χ4n) is 3.47. The molecule has 1 aromatic carbocycles. The summed E-state index contributed by atoms with van der Waals surface area (Å²) in [4.78, 5) is 24.7. The largest absolute Gasteiger partial charge is 0.504 e. The number of imidazole rings is 1. The summed E-state index contributed by atoms with van der Waals surface area (Å²) in [5.41, 5.74) is -0.567. The number of hydrogen-bond donors (Lipinski definition) is 3. The minimum Gasteiger partial charge on any atom is -0.504 e. The van der Waals surface area contributed by atoms with E-state index >= 15 is 0 Å². The van der Waals surface area contributed by atoms with Crippen LogP contribution in [-0.2, 0) is 33.5 Å². The summed E-state index contributed by atoms with van der Waals surface area (Å²) in [7, 11) is -6.42. The fraction of sp³-hybridized carbons (Fsp3) is 0.182. The highest BCUT2D eigenvalue weighted by molar-refractivity contribution is 7.92. The van der Waals surface area contributed by atoms with Crippen molar-refractivity contribution in [2.75, 3.05) is 11.0 Å². The number of halogens is 1. The third kappa shape index (κ3) is 5.22. The number of hydrogen-bond acceptors (Lipinski definition) is 9. The molecule has 4 aromatic rings. The van der Waals surface area contributed by atoms with Gasteiger partial charge >= 0.3 is 0 Å². The second kappa shape index (κ2) is 9.40. The minimum absolute atomic E-state index is 0.0992. The number of fused-ring (bicyclic) bond motifs is 1. The summed E-state index contributed by atoms with van der Waals surface area (Å²) in [5.74, 6) is -2.18. The number of carbonyl (C=O) groups is 1. The van der Waals surface area contributed by atoms with Gasteiger partial charge in [-0.1, -0.05) is 6.07 Å². The average molecular weight is 549 g/mol. The summed E-state index contributed by atoms with van der Waals surface area (Å²) in [6.45, 7) is 1.27. The number of rotatable bonds is 7. The molecule has 37 heavy (non-hydrogen) atoms. The van der Waals surface area contributed by atoms with Crippen LogP contribution >= 0.6 is 0 Å². The number of benzene rings is 1. The van der Waals surface area contributed by atoms with Gasteiger partial charge in [0.2, 0.25) is 0 Å². The van der Waals surface area contributed by atoms with Gasteiger partial charge in [0.25, 0.3) is 15.9 Å². The molecule has 0 fully saturated rings. The predicted octanol–water partition coefficient (Wildman–Crippen LogP) is 1.65. The van der Waals surface area contributed by atoms with E-state index in [0.717, 1.165) is 18.4 Å². The number of nitrogens with zero attached hydrogens (tertiary/aromatic N) is 4. The molecule has 0 unspecified atom stereocenters. The van der Waals surface area contributed by atoms with Gasteiger partial charge in [0.15, 0.2) is 32.1 Å². The number of aromatic nitrogens is 4. The molecule has 0 spiro atoms. The molecule has 0 atom stereocenters. The summed E-state index contributed by atoms with van der Waals surface area (Å²) >= 11 is 0. The van der Waals surface area contributed by atoms with E-state index in [1.165, 1.54) is 35.2 Å². The molecule has 3 heterocycles. The lowest BCUT2D eigenvalue weighted by Crippen LogP contribution is -2.26. The molecule has 0 saturated heterocycles. The predicted molar refractivity (Wildman–Crippen MR) is 131 cm³/mol. The van der Waals surface area contributed by atoms with Crippen LogP contribution in [0.5, 0.6) is 5.75 Å². The first-order valence-electron chi connectivity index (χ1n) is 10.5. The third-order valence-electron chi connectivity index (χ3n) is 5.41. The third-order valence-corrected chi connectivity index (χ3v) is 7.80. The number of aryl methyl sites for hydroxylation is 2. The molecular weight excluding hydrogens is 527 g/mol. The van der Waals surface area contributed by atoms with Crippen LogP contribution < -0.4 is 10.0 Å². The number of amides is 1. The normalized spacial score (nSPS) is 12.0. The summed E-state index contributed by atoms with van der Waals surface area (Å²) in [6, 6.07) is 6.02. The molecule has 0 saturated carbocycles. The number of nitrogens with one attached hydrogen (secondary N) is 2. The van der Waals surface area contributed by atoms with Crippen molar-refractivity contribution >= 4 is 42.5 Å². The van der Waals surface area contributed by atoms with Gasteiger partial charge in [-0.2, -0.15) is 8.42 Å². The minimum atomic E-state index is -4.23. The number of anilines is 1. The Morgan fingerprint density at radius 3 is 2.54 bits per heavy atom. The molecule has 0 aliphatic carbocycles. The van der Waals surface area contributed by atoms with Gasteiger partial charge < -0.3 is 15.0 Å². The van der Waals surface area contributed by atoms with E-state index in [1.54, 1.807) is 14.0 Å². The smallest absolute Gasteiger partial charge is 0.282 e. The summed E-state index contributed by atoms with van der Waals surface area (Å²) in [6.07, 6.45) is 3.53. The molecule has 1 amide bonds. The van der Waals surface area contributed by atoms with E-state index in [9.17, 15) is 31.1 Å². The highest BCUT2D eigenvalue weighted by Gasteiger charge is 2.25. The zero-order valence-electron chi connectivity index (χ0n) is 19.7. The van der Waals surface area contributed by atoms with Crippen LogP contribution in [0.1, 0.15) is 21.9 Å². The molecule has 15 heteroatoms. The van der Waals surface area contributed by atoms with Crippen LogP contribution in [0.2, 0.25) is 0 Å². The molecule has 0 aliphatic heterocycles. The maximum atomic E-state index is 13.6. The van der Waals surface area contributed by atoms with E-state index in [4.69, 9.17) is 0 Å². The van der Waals surface area contributed by atoms with Crippen molar-refractivity contribution < 1.29 is 31.1 Å². The number of sulfone groups is 1. The van der Waals surface area contributed by atoms with Crippen molar-refractivity contribution in [2.45, 2.75) is 23.4 Å².